The van der Waals surface area contributed by atoms with E-state index < -0.39 is 29.7 Å². The summed E-state index contributed by atoms with van der Waals surface area (Å²) in [6.45, 7) is 5.95. The molecule has 2 aromatic rings. The zero-order chi connectivity index (χ0) is 25.7. The van der Waals surface area contributed by atoms with Crippen molar-refractivity contribution in [2.24, 2.45) is 5.92 Å². The van der Waals surface area contributed by atoms with Crippen LogP contribution in [0.5, 0.6) is 0 Å². The third kappa shape index (κ3) is 4.62. The molecule has 1 aromatic carbocycles. The molecule has 35 heavy (non-hydrogen) atoms. The van der Waals surface area contributed by atoms with E-state index in [9.17, 15) is 32.3 Å². The van der Waals surface area contributed by atoms with Gasteiger partial charge in [0.25, 0.3) is 5.91 Å². The van der Waals surface area contributed by atoms with Gasteiger partial charge in [0.2, 0.25) is 0 Å². The minimum absolute atomic E-state index is 0.0131. The first kappa shape index (κ1) is 24.7. The second-order valence-corrected chi connectivity index (χ2v) is 8.93. The highest BCUT2D eigenvalue weighted by Crippen LogP contribution is 2.34. The lowest BCUT2D eigenvalue weighted by atomic mass is 9.99. The monoisotopic (exact) mass is 495 g/mol. The summed E-state index contributed by atoms with van der Waals surface area (Å²) < 4.78 is 54.3. The summed E-state index contributed by atoms with van der Waals surface area (Å²) in [7, 11) is 1.61. The first-order chi connectivity index (χ1) is 16.4. The van der Waals surface area contributed by atoms with E-state index in [1.165, 1.54) is 15.9 Å². The zero-order valence-electron chi connectivity index (χ0n) is 19.1. The molecule has 1 unspecified atom stereocenters. The molecular formula is C23H25F4N5O3. The van der Waals surface area contributed by atoms with Gasteiger partial charge in [-0.05, 0) is 25.1 Å². The Morgan fingerprint density at radius 1 is 1.34 bits per heavy atom. The number of fused-ring (bicyclic) bond motifs is 3. The lowest BCUT2D eigenvalue weighted by molar-refractivity contribution is -0.139. The Balaban J connectivity index is 1.61. The fourth-order valence-corrected chi connectivity index (χ4v) is 4.56. The molecule has 3 amide bonds. The lowest BCUT2D eigenvalue weighted by Crippen LogP contribution is -2.45. The van der Waals surface area contributed by atoms with E-state index in [1.807, 2.05) is 0 Å². The Morgan fingerprint density at radius 2 is 2.06 bits per heavy atom. The van der Waals surface area contributed by atoms with Crippen molar-refractivity contribution in [2.75, 3.05) is 18.9 Å². The average Bonchev–Trinajstić information content (AvgIpc) is 3.07. The summed E-state index contributed by atoms with van der Waals surface area (Å²) in [5, 5.41) is 17.3. The summed E-state index contributed by atoms with van der Waals surface area (Å²) in [6.07, 6.45) is -4.01. The van der Waals surface area contributed by atoms with E-state index in [-0.39, 0.29) is 43.2 Å². The van der Waals surface area contributed by atoms with Gasteiger partial charge >= 0.3 is 12.2 Å². The standard InChI is InChI=1S/C23H25F4N5O3/c1-4-19(33)13-9-30(3)21(34)20-15-11-31(12(2)7-18(15)29-32(20)10-13)22(35)28-14-5-6-17(24)16(8-14)23(25,26)27/h4-6,8,12-13,19,33H,1,7,9-11H2,2-3H3,(H,28,35)/t12-,13+,19?/m1/s1. The van der Waals surface area contributed by atoms with Crippen LogP contribution >= 0.6 is 0 Å². The molecule has 0 bridgehead atoms. The van der Waals surface area contributed by atoms with Crippen LogP contribution in [0.3, 0.4) is 0 Å². The summed E-state index contributed by atoms with van der Waals surface area (Å²) in [5.74, 6) is -2.06. The molecule has 12 heteroatoms. The SMILES string of the molecule is C=CC(O)[C@H]1CN(C)C(=O)c2c3c(nn2C1)C[C@@H](C)N(C(=O)Nc1ccc(F)c(C(F)(F)F)c1)C3. The van der Waals surface area contributed by atoms with Gasteiger partial charge in [0, 0.05) is 49.8 Å². The largest absolute Gasteiger partial charge is 0.419 e. The highest BCUT2D eigenvalue weighted by molar-refractivity contribution is 5.95. The van der Waals surface area contributed by atoms with Crippen LogP contribution in [0.25, 0.3) is 0 Å². The van der Waals surface area contributed by atoms with E-state index in [1.54, 1.807) is 18.7 Å². The van der Waals surface area contributed by atoms with Gasteiger partial charge in [-0.1, -0.05) is 6.08 Å². The van der Waals surface area contributed by atoms with E-state index in [0.717, 1.165) is 6.07 Å². The van der Waals surface area contributed by atoms with Gasteiger partial charge in [0.15, 0.2) is 0 Å². The molecule has 2 aliphatic rings. The van der Waals surface area contributed by atoms with Gasteiger partial charge in [0.05, 0.1) is 23.9 Å². The van der Waals surface area contributed by atoms with Gasteiger partial charge in [-0.2, -0.15) is 18.3 Å². The fraction of sp³-hybridized carbons (Fsp3) is 0.435. The molecule has 0 saturated carbocycles. The number of amides is 3. The number of aliphatic hydroxyl groups excluding tert-OH is 1. The Morgan fingerprint density at radius 3 is 2.71 bits per heavy atom. The van der Waals surface area contributed by atoms with Crippen molar-refractivity contribution in [3.63, 3.8) is 0 Å². The van der Waals surface area contributed by atoms with Crippen LogP contribution < -0.4 is 5.32 Å². The molecule has 0 fully saturated rings. The second-order valence-electron chi connectivity index (χ2n) is 8.93. The number of carbonyl (C=O) groups excluding carboxylic acids is 2. The topological polar surface area (TPSA) is 90.7 Å². The summed E-state index contributed by atoms with van der Waals surface area (Å²) >= 11 is 0. The number of carbonyl (C=O) groups is 2. The minimum Gasteiger partial charge on any atom is -0.389 e. The first-order valence-electron chi connectivity index (χ1n) is 11.0. The van der Waals surface area contributed by atoms with Crippen molar-refractivity contribution < 1.29 is 32.3 Å². The molecule has 3 atom stereocenters. The molecule has 0 spiro atoms. The average molecular weight is 495 g/mol. The number of aromatic nitrogens is 2. The van der Waals surface area contributed by atoms with Crippen LogP contribution in [0, 0.1) is 11.7 Å². The summed E-state index contributed by atoms with van der Waals surface area (Å²) in [6, 6.07) is 1.20. The number of nitrogens with one attached hydrogen (secondary N) is 1. The van der Waals surface area contributed by atoms with Crippen LogP contribution in [0.2, 0.25) is 0 Å². The van der Waals surface area contributed by atoms with Gasteiger partial charge < -0.3 is 20.2 Å². The maximum absolute atomic E-state index is 13.6. The second kappa shape index (κ2) is 8.99. The van der Waals surface area contributed by atoms with Crippen molar-refractivity contribution in [2.45, 2.75) is 44.8 Å². The van der Waals surface area contributed by atoms with Crippen molar-refractivity contribution in [3.05, 3.63) is 59.2 Å². The quantitative estimate of drug-likeness (QED) is 0.505. The highest BCUT2D eigenvalue weighted by atomic mass is 19.4. The third-order valence-electron chi connectivity index (χ3n) is 6.46. The van der Waals surface area contributed by atoms with Crippen LogP contribution in [0.1, 0.15) is 34.2 Å². The van der Waals surface area contributed by atoms with Crippen molar-refractivity contribution in [1.29, 1.82) is 0 Å². The van der Waals surface area contributed by atoms with Crippen LogP contribution in [0.15, 0.2) is 30.9 Å². The van der Waals surface area contributed by atoms with Gasteiger partial charge in [-0.15, -0.1) is 6.58 Å². The maximum atomic E-state index is 13.6. The molecule has 2 aliphatic heterocycles. The Kier molecular flexibility index (Phi) is 6.34. The van der Waals surface area contributed by atoms with Crippen LogP contribution in [-0.2, 0) is 25.7 Å². The number of hydrogen-bond acceptors (Lipinski definition) is 4. The smallest absolute Gasteiger partial charge is 0.389 e. The Bertz CT molecular complexity index is 1180. The number of benzene rings is 1. The first-order valence-corrected chi connectivity index (χ1v) is 11.0. The predicted octanol–water partition coefficient (Wildman–Crippen LogP) is 3.27. The van der Waals surface area contributed by atoms with E-state index >= 15 is 0 Å². The number of alkyl halides is 3. The Hall–Kier alpha value is -3.41. The van der Waals surface area contributed by atoms with Gasteiger partial charge in [-0.3, -0.25) is 9.48 Å². The molecule has 188 valence electrons. The minimum atomic E-state index is -4.91. The molecule has 0 aliphatic carbocycles. The molecular weight excluding hydrogens is 470 g/mol. The van der Waals surface area contributed by atoms with Crippen molar-refractivity contribution in [1.82, 2.24) is 19.6 Å². The van der Waals surface area contributed by atoms with E-state index in [0.29, 0.717) is 35.5 Å². The third-order valence-corrected chi connectivity index (χ3v) is 6.46. The van der Waals surface area contributed by atoms with Crippen LogP contribution in [-0.4, -0.2) is 62.4 Å². The number of anilines is 1. The zero-order valence-corrected chi connectivity index (χ0v) is 19.1. The number of halogens is 4. The van der Waals surface area contributed by atoms with Crippen molar-refractivity contribution in [3.8, 4) is 0 Å². The predicted molar refractivity (Wildman–Crippen MR) is 118 cm³/mol. The number of nitrogens with zero attached hydrogens (tertiary/aromatic N) is 4. The lowest BCUT2D eigenvalue weighted by Gasteiger charge is -2.33. The summed E-state index contributed by atoms with van der Waals surface area (Å²) in [4.78, 5) is 29.0. The number of aliphatic hydroxyl groups is 1. The van der Waals surface area contributed by atoms with Gasteiger partial charge in [-0.25, -0.2) is 9.18 Å². The molecule has 0 saturated heterocycles. The molecule has 3 heterocycles. The van der Waals surface area contributed by atoms with E-state index in [4.69, 9.17) is 0 Å². The number of rotatable bonds is 3. The van der Waals surface area contributed by atoms with Gasteiger partial charge in [0.1, 0.15) is 11.5 Å². The normalized spacial score (nSPS) is 21.2. The van der Waals surface area contributed by atoms with Crippen molar-refractivity contribution >= 4 is 17.6 Å². The Labute approximate surface area is 198 Å². The number of hydrogen-bond donors (Lipinski definition) is 2. The number of urea groups is 1. The molecule has 1 aromatic heterocycles. The van der Waals surface area contributed by atoms with E-state index in [2.05, 4.69) is 17.0 Å². The fourth-order valence-electron chi connectivity index (χ4n) is 4.56. The molecule has 4 rings (SSSR count). The maximum Gasteiger partial charge on any atom is 0.419 e. The highest BCUT2D eigenvalue weighted by Gasteiger charge is 2.38. The summed E-state index contributed by atoms with van der Waals surface area (Å²) in [5.41, 5.74) is -0.164. The molecule has 8 nitrogen and oxygen atoms in total. The molecule has 2 N–H and O–H groups in total. The van der Waals surface area contributed by atoms with Crippen LogP contribution in [0.4, 0.5) is 28.0 Å². The molecule has 0 radical (unpaired) electrons.